The Labute approximate surface area is 294 Å². The van der Waals surface area contributed by atoms with E-state index in [1.807, 2.05) is 48.5 Å². The van der Waals surface area contributed by atoms with E-state index in [-0.39, 0.29) is 19.4 Å². The Morgan fingerprint density at radius 2 is 1.48 bits per heavy atom. The molecule has 2 fully saturated rings. The third-order valence-electron chi connectivity index (χ3n) is 8.26. The first kappa shape index (κ1) is 32.7. The van der Waals surface area contributed by atoms with Crippen molar-refractivity contribution in [2.24, 2.45) is 11.8 Å². The van der Waals surface area contributed by atoms with E-state index >= 15 is 0 Å². The molecular weight excluding hydrogens is 751 g/mol. The van der Waals surface area contributed by atoms with E-state index in [1.54, 1.807) is 12.1 Å². The number of phenolic OH excluding ortho intramolecular Hbond substituents is 1. The fourth-order valence-corrected chi connectivity index (χ4v) is 7.02. The van der Waals surface area contributed by atoms with E-state index < -0.39 is 0 Å². The van der Waals surface area contributed by atoms with Gasteiger partial charge in [-0.3, -0.25) is 0 Å². The standard InChI is InChI=1S/C18H13BrClNO.C14H9BrClNO.C4H6O.CH4/c19-11-7-8-15-13(9-11)17-16(20)12-3-1-2-4-14(12)21(17)18(22-15)10-5-6-10;15-8-5-6-12(18)10(7-8)14-13(16)9-3-1-2-4-11(9)17-14;5-3-4-1-2-4;/h1-4,7-10,18H,5-6H2;1-7,17-18H;3-4H,1-2H2;1H4. The molecule has 3 heterocycles. The zero-order valence-electron chi connectivity index (χ0n) is 23.9. The number of aromatic nitrogens is 2. The van der Waals surface area contributed by atoms with Crippen LogP contribution < -0.4 is 4.74 Å². The molecular formula is C37H32Br2Cl2N2O3. The van der Waals surface area contributed by atoms with Crippen LogP contribution in [-0.2, 0) is 4.79 Å². The predicted octanol–water partition coefficient (Wildman–Crippen LogP) is 12.2. The van der Waals surface area contributed by atoms with Gasteiger partial charge in [-0.25, -0.2) is 0 Å². The maximum atomic E-state index is 9.94. The number of fused-ring (bicyclic) bond motifs is 6. The number of hydrogen-bond acceptors (Lipinski definition) is 3. The third-order valence-corrected chi connectivity index (χ3v) is 10.0. The maximum absolute atomic E-state index is 9.94. The lowest BCUT2D eigenvalue weighted by Crippen LogP contribution is -2.22. The van der Waals surface area contributed by atoms with Crippen LogP contribution in [0.5, 0.6) is 11.5 Å². The number of hydrogen-bond donors (Lipinski definition) is 2. The Morgan fingerprint density at radius 1 is 0.826 bits per heavy atom. The molecule has 0 saturated heterocycles. The summed E-state index contributed by atoms with van der Waals surface area (Å²) in [6.07, 6.45) is 5.81. The van der Waals surface area contributed by atoms with Crippen LogP contribution in [0, 0.1) is 11.8 Å². The van der Waals surface area contributed by atoms with Crippen LogP contribution in [0.3, 0.4) is 0 Å². The highest BCUT2D eigenvalue weighted by Crippen LogP contribution is 2.53. The smallest absolute Gasteiger partial charge is 0.179 e. The van der Waals surface area contributed by atoms with Crippen molar-refractivity contribution in [1.82, 2.24) is 9.55 Å². The van der Waals surface area contributed by atoms with E-state index in [1.165, 1.54) is 12.8 Å². The van der Waals surface area contributed by atoms with Crippen molar-refractivity contribution >= 4 is 83.2 Å². The molecule has 2 saturated carbocycles. The Morgan fingerprint density at radius 3 is 2.13 bits per heavy atom. The van der Waals surface area contributed by atoms with Gasteiger partial charge in [0.25, 0.3) is 0 Å². The number of benzene rings is 4. The molecule has 0 spiro atoms. The second-order valence-corrected chi connectivity index (χ2v) is 14.1. The number of carbonyl (C=O) groups excluding carboxylic acids is 1. The van der Waals surface area contributed by atoms with Crippen LogP contribution in [0.15, 0.2) is 93.9 Å². The van der Waals surface area contributed by atoms with Crippen molar-refractivity contribution in [1.29, 1.82) is 0 Å². The number of H-pyrrole nitrogens is 1. The summed E-state index contributed by atoms with van der Waals surface area (Å²) in [5, 5.41) is 13.4. The zero-order valence-corrected chi connectivity index (χ0v) is 28.6. The summed E-state index contributed by atoms with van der Waals surface area (Å²) in [4.78, 5) is 12.8. The summed E-state index contributed by atoms with van der Waals surface area (Å²) in [5.41, 5.74) is 5.68. The number of ether oxygens (including phenoxy) is 1. The SMILES string of the molecule is C.Clc1c2n(c3ccccc13)C(C1CC1)Oc1ccc(Br)cc1-2.O=CC1CC1.Oc1ccc(Br)cc1-c1[nH]c2ccccc2c1Cl. The van der Waals surface area contributed by atoms with Crippen LogP contribution in [0.25, 0.3) is 44.3 Å². The maximum Gasteiger partial charge on any atom is 0.179 e. The number of para-hydroxylation sites is 2. The fourth-order valence-electron chi connectivity index (χ4n) is 5.63. The van der Waals surface area contributed by atoms with Crippen molar-refractivity contribution in [3.8, 4) is 34.0 Å². The molecule has 2 aromatic heterocycles. The Hall–Kier alpha value is -3.23. The highest BCUT2D eigenvalue weighted by atomic mass is 79.9. The van der Waals surface area contributed by atoms with Gasteiger partial charge in [-0.05, 0) is 74.2 Å². The Balaban J connectivity index is 0.000000140. The molecule has 1 atom stereocenters. The summed E-state index contributed by atoms with van der Waals surface area (Å²) >= 11 is 20.1. The van der Waals surface area contributed by atoms with Crippen molar-refractivity contribution in [3.63, 3.8) is 0 Å². The van der Waals surface area contributed by atoms with Gasteiger partial charge in [0.05, 0.1) is 26.9 Å². The highest BCUT2D eigenvalue weighted by Gasteiger charge is 2.40. The largest absolute Gasteiger partial charge is 0.507 e. The molecule has 236 valence electrons. The normalized spacial score (nSPS) is 16.1. The topological polar surface area (TPSA) is 67.2 Å². The van der Waals surface area contributed by atoms with Crippen LogP contribution in [-0.4, -0.2) is 20.9 Å². The summed E-state index contributed by atoms with van der Waals surface area (Å²) in [5.74, 6) is 2.17. The number of halogens is 4. The number of rotatable bonds is 3. The van der Waals surface area contributed by atoms with E-state index in [4.69, 9.17) is 27.9 Å². The quantitative estimate of drug-likeness (QED) is 0.176. The summed E-state index contributed by atoms with van der Waals surface area (Å²) < 4.78 is 10.6. The lowest BCUT2D eigenvalue weighted by Gasteiger charge is -2.30. The molecule has 46 heavy (non-hydrogen) atoms. The summed E-state index contributed by atoms with van der Waals surface area (Å²) in [7, 11) is 0. The summed E-state index contributed by atoms with van der Waals surface area (Å²) in [6.45, 7) is 0. The predicted molar refractivity (Wildman–Crippen MR) is 196 cm³/mol. The minimum atomic E-state index is 0. The molecule has 2 N–H and O–H groups in total. The van der Waals surface area contributed by atoms with Crippen molar-refractivity contribution in [3.05, 3.63) is 104 Å². The minimum absolute atomic E-state index is 0. The molecule has 3 aliphatic rings. The number of nitrogens with zero attached hydrogens (tertiary/aromatic N) is 1. The Kier molecular flexibility index (Phi) is 9.58. The number of nitrogens with one attached hydrogen (secondary N) is 1. The zero-order chi connectivity index (χ0) is 31.2. The third kappa shape index (κ3) is 6.35. The second-order valence-electron chi connectivity index (χ2n) is 11.5. The lowest BCUT2D eigenvalue weighted by molar-refractivity contribution is -0.108. The van der Waals surface area contributed by atoms with Gasteiger partial charge < -0.3 is 24.2 Å². The summed E-state index contributed by atoms with van der Waals surface area (Å²) in [6, 6.07) is 27.5. The van der Waals surface area contributed by atoms with Gasteiger partial charge in [0.15, 0.2) is 6.23 Å². The monoisotopic (exact) mass is 780 g/mol. The molecule has 0 radical (unpaired) electrons. The van der Waals surface area contributed by atoms with E-state index in [0.717, 1.165) is 77.6 Å². The molecule has 0 amide bonds. The molecule has 6 aromatic rings. The van der Waals surface area contributed by atoms with Crippen LogP contribution in [0.1, 0.15) is 39.3 Å². The van der Waals surface area contributed by atoms with Gasteiger partial charge in [-0.15, -0.1) is 0 Å². The average molecular weight is 783 g/mol. The number of aromatic amines is 1. The first-order chi connectivity index (χ1) is 21.8. The van der Waals surface area contributed by atoms with Gasteiger partial charge in [0, 0.05) is 48.2 Å². The molecule has 5 nitrogen and oxygen atoms in total. The molecule has 0 bridgehead atoms. The molecule has 9 heteroatoms. The molecule has 1 aliphatic heterocycles. The number of carbonyl (C=O) groups is 1. The number of aromatic hydroxyl groups is 1. The fraction of sp³-hybridized carbons (Fsp3) is 0.216. The van der Waals surface area contributed by atoms with Gasteiger partial charge in [-0.1, -0.05) is 98.9 Å². The van der Waals surface area contributed by atoms with Gasteiger partial charge in [0.2, 0.25) is 0 Å². The van der Waals surface area contributed by atoms with Crippen LogP contribution >= 0.6 is 55.1 Å². The van der Waals surface area contributed by atoms with Crippen molar-refractivity contribution in [2.45, 2.75) is 39.3 Å². The Bertz CT molecular complexity index is 2060. The van der Waals surface area contributed by atoms with Crippen molar-refractivity contribution in [2.75, 3.05) is 0 Å². The van der Waals surface area contributed by atoms with Crippen LogP contribution in [0.2, 0.25) is 10.0 Å². The first-order valence-electron chi connectivity index (χ1n) is 14.8. The van der Waals surface area contributed by atoms with Crippen LogP contribution in [0.4, 0.5) is 0 Å². The molecule has 9 rings (SSSR count). The lowest BCUT2D eigenvalue weighted by atomic mass is 10.1. The molecule has 4 aromatic carbocycles. The average Bonchev–Trinajstić information content (AvgIpc) is 4.00. The van der Waals surface area contributed by atoms with Gasteiger partial charge in [-0.2, -0.15) is 0 Å². The highest BCUT2D eigenvalue weighted by molar-refractivity contribution is 9.10. The molecule has 2 aliphatic carbocycles. The second kappa shape index (κ2) is 13.5. The minimum Gasteiger partial charge on any atom is -0.507 e. The molecule has 1 unspecified atom stereocenters. The van der Waals surface area contributed by atoms with Gasteiger partial charge in [0.1, 0.15) is 17.8 Å². The van der Waals surface area contributed by atoms with E-state index in [0.29, 0.717) is 22.4 Å². The first-order valence-corrected chi connectivity index (χ1v) is 17.1. The van der Waals surface area contributed by atoms with Crippen molar-refractivity contribution < 1.29 is 14.6 Å². The van der Waals surface area contributed by atoms with Gasteiger partial charge >= 0.3 is 0 Å². The number of aldehydes is 1. The number of phenols is 1. The van der Waals surface area contributed by atoms with E-state index in [2.05, 4.69) is 65.7 Å². The van der Waals surface area contributed by atoms with E-state index in [9.17, 15) is 9.90 Å².